The third kappa shape index (κ3) is 2.23. The Morgan fingerprint density at radius 2 is 2.19 bits per heavy atom. The van der Waals surface area contributed by atoms with E-state index in [1.54, 1.807) is 0 Å². The molecule has 1 unspecified atom stereocenters. The second kappa shape index (κ2) is 5.09. The van der Waals surface area contributed by atoms with E-state index >= 15 is 0 Å². The molecule has 0 aliphatic heterocycles. The zero-order valence-electron chi connectivity index (χ0n) is 9.37. The molecule has 0 saturated carbocycles. The van der Waals surface area contributed by atoms with E-state index in [1.165, 1.54) is 6.42 Å². The number of carbonyl (C=O) groups is 1. The summed E-state index contributed by atoms with van der Waals surface area (Å²) in [5.74, 6) is 1.87. The molecule has 0 fully saturated rings. The van der Waals surface area contributed by atoms with E-state index in [2.05, 4.69) is 0 Å². The Labute approximate surface area is 95.7 Å². The number of Topliss-reactive ketones (excluding diaryl/α,β-unsaturated/α-hetero) is 1. The van der Waals surface area contributed by atoms with Gasteiger partial charge < -0.3 is 0 Å². The SMILES string of the molecule is O=C=C1CC=CCC1C(=O)C1=CCCCC1. The van der Waals surface area contributed by atoms with Gasteiger partial charge in [0, 0.05) is 5.57 Å². The van der Waals surface area contributed by atoms with E-state index in [0.29, 0.717) is 18.4 Å². The molecule has 0 heterocycles. The molecule has 0 aromatic carbocycles. The van der Waals surface area contributed by atoms with Gasteiger partial charge in [0.15, 0.2) is 5.78 Å². The lowest BCUT2D eigenvalue weighted by Crippen LogP contribution is -2.21. The van der Waals surface area contributed by atoms with Crippen molar-refractivity contribution in [1.82, 2.24) is 0 Å². The molecule has 0 saturated heterocycles. The molecule has 16 heavy (non-hydrogen) atoms. The van der Waals surface area contributed by atoms with Gasteiger partial charge in [0.25, 0.3) is 0 Å². The highest BCUT2D eigenvalue weighted by molar-refractivity contribution is 6.00. The Bertz CT molecular complexity index is 395. The Morgan fingerprint density at radius 3 is 2.88 bits per heavy atom. The summed E-state index contributed by atoms with van der Waals surface area (Å²) in [5.41, 5.74) is 1.55. The third-order valence-electron chi connectivity index (χ3n) is 3.35. The Morgan fingerprint density at radius 1 is 1.31 bits per heavy atom. The van der Waals surface area contributed by atoms with Gasteiger partial charge in [-0.25, -0.2) is 4.79 Å². The van der Waals surface area contributed by atoms with Crippen molar-refractivity contribution in [3.05, 3.63) is 29.4 Å². The fraction of sp³-hybridized carbons (Fsp3) is 0.500. The fourth-order valence-corrected chi connectivity index (χ4v) is 2.39. The first-order chi connectivity index (χ1) is 7.83. The summed E-state index contributed by atoms with van der Waals surface area (Å²) >= 11 is 0. The molecule has 2 aliphatic rings. The predicted octanol–water partition coefficient (Wildman–Crippen LogP) is 2.78. The first-order valence-electron chi connectivity index (χ1n) is 5.95. The summed E-state index contributed by atoms with van der Waals surface area (Å²) in [6, 6.07) is 0. The number of rotatable bonds is 2. The summed E-state index contributed by atoms with van der Waals surface area (Å²) in [4.78, 5) is 23.0. The van der Waals surface area contributed by atoms with Gasteiger partial charge in [0.2, 0.25) is 0 Å². The molecule has 0 amide bonds. The fourth-order valence-electron chi connectivity index (χ4n) is 2.39. The lowest BCUT2D eigenvalue weighted by Gasteiger charge is -2.20. The number of ketones is 1. The average molecular weight is 216 g/mol. The molecule has 0 aromatic heterocycles. The zero-order chi connectivity index (χ0) is 11.4. The summed E-state index contributed by atoms with van der Waals surface area (Å²) in [6.45, 7) is 0. The van der Waals surface area contributed by atoms with E-state index in [1.807, 2.05) is 24.2 Å². The second-order valence-electron chi connectivity index (χ2n) is 4.43. The highest BCUT2D eigenvalue weighted by atomic mass is 16.1. The van der Waals surface area contributed by atoms with Gasteiger partial charge in [-0.15, -0.1) is 0 Å². The van der Waals surface area contributed by atoms with Crippen LogP contribution in [0, 0.1) is 5.92 Å². The van der Waals surface area contributed by atoms with Crippen molar-refractivity contribution in [3.63, 3.8) is 0 Å². The molecule has 2 aliphatic carbocycles. The molecule has 0 spiro atoms. The van der Waals surface area contributed by atoms with Crippen LogP contribution in [0.25, 0.3) is 0 Å². The summed E-state index contributed by atoms with van der Waals surface area (Å²) in [7, 11) is 0. The van der Waals surface area contributed by atoms with E-state index in [9.17, 15) is 9.59 Å². The van der Waals surface area contributed by atoms with Crippen molar-refractivity contribution >= 4 is 11.7 Å². The average Bonchev–Trinajstić information content (AvgIpc) is 2.39. The van der Waals surface area contributed by atoms with E-state index in [4.69, 9.17) is 0 Å². The van der Waals surface area contributed by atoms with Crippen molar-refractivity contribution in [3.8, 4) is 0 Å². The Kier molecular flexibility index (Phi) is 3.53. The van der Waals surface area contributed by atoms with E-state index < -0.39 is 0 Å². The molecule has 0 bridgehead atoms. The highest BCUT2D eigenvalue weighted by Gasteiger charge is 2.27. The van der Waals surface area contributed by atoms with Crippen LogP contribution >= 0.6 is 0 Å². The van der Waals surface area contributed by atoms with Crippen LogP contribution in [0.5, 0.6) is 0 Å². The maximum atomic E-state index is 12.2. The first-order valence-corrected chi connectivity index (χ1v) is 5.95. The van der Waals surface area contributed by atoms with Crippen molar-refractivity contribution < 1.29 is 9.59 Å². The minimum Gasteiger partial charge on any atom is -0.294 e. The molecule has 84 valence electrons. The van der Waals surface area contributed by atoms with E-state index in [-0.39, 0.29) is 11.7 Å². The maximum absolute atomic E-state index is 12.2. The third-order valence-corrected chi connectivity index (χ3v) is 3.35. The van der Waals surface area contributed by atoms with Crippen LogP contribution in [0.15, 0.2) is 29.4 Å². The summed E-state index contributed by atoms with van der Waals surface area (Å²) in [6.07, 6.45) is 11.4. The van der Waals surface area contributed by atoms with Gasteiger partial charge in [-0.1, -0.05) is 18.2 Å². The number of hydrogen-bond donors (Lipinski definition) is 0. The van der Waals surface area contributed by atoms with Crippen LogP contribution in [0.1, 0.15) is 38.5 Å². The van der Waals surface area contributed by atoms with Gasteiger partial charge in [0.05, 0.1) is 5.92 Å². The first kappa shape index (κ1) is 11.1. The normalized spacial score (nSPS) is 24.9. The van der Waals surface area contributed by atoms with Crippen LogP contribution < -0.4 is 0 Å². The molecular weight excluding hydrogens is 200 g/mol. The lowest BCUT2D eigenvalue weighted by atomic mass is 9.81. The van der Waals surface area contributed by atoms with Crippen LogP contribution in [0.4, 0.5) is 0 Å². The number of hydrogen-bond acceptors (Lipinski definition) is 2. The highest BCUT2D eigenvalue weighted by Crippen LogP contribution is 2.29. The molecular formula is C14H16O2. The van der Waals surface area contributed by atoms with Gasteiger partial charge in [-0.2, -0.15) is 0 Å². The zero-order valence-corrected chi connectivity index (χ0v) is 9.37. The molecule has 1 atom stereocenters. The molecule has 2 heteroatoms. The van der Waals surface area contributed by atoms with Gasteiger partial charge in [-0.3, -0.25) is 4.79 Å². The van der Waals surface area contributed by atoms with Crippen LogP contribution in [0.3, 0.4) is 0 Å². The smallest absolute Gasteiger partial charge is 0.166 e. The molecule has 0 N–H and O–H groups in total. The molecule has 2 rings (SSSR count). The Hall–Kier alpha value is -1.40. The largest absolute Gasteiger partial charge is 0.294 e. The summed E-state index contributed by atoms with van der Waals surface area (Å²) in [5, 5.41) is 0. The van der Waals surface area contributed by atoms with Gasteiger partial charge >= 0.3 is 0 Å². The number of allylic oxidation sites excluding steroid dienone is 5. The van der Waals surface area contributed by atoms with Crippen LogP contribution in [0.2, 0.25) is 0 Å². The topological polar surface area (TPSA) is 34.1 Å². The van der Waals surface area contributed by atoms with E-state index in [0.717, 1.165) is 24.8 Å². The number of carbonyl (C=O) groups excluding carboxylic acids is 2. The Balaban J connectivity index is 2.17. The van der Waals surface area contributed by atoms with Gasteiger partial charge in [0.1, 0.15) is 5.94 Å². The monoisotopic (exact) mass is 216 g/mol. The summed E-state index contributed by atoms with van der Waals surface area (Å²) < 4.78 is 0. The quantitative estimate of drug-likeness (QED) is 0.525. The minimum atomic E-state index is -0.230. The van der Waals surface area contributed by atoms with Crippen molar-refractivity contribution in [2.45, 2.75) is 38.5 Å². The van der Waals surface area contributed by atoms with Crippen LogP contribution in [-0.2, 0) is 9.59 Å². The molecule has 2 nitrogen and oxygen atoms in total. The van der Waals surface area contributed by atoms with Crippen molar-refractivity contribution in [2.24, 2.45) is 5.92 Å². The molecule has 0 radical (unpaired) electrons. The van der Waals surface area contributed by atoms with Crippen molar-refractivity contribution in [1.29, 1.82) is 0 Å². The van der Waals surface area contributed by atoms with Crippen molar-refractivity contribution in [2.75, 3.05) is 0 Å². The molecule has 0 aromatic rings. The predicted molar refractivity (Wildman–Crippen MR) is 62.6 cm³/mol. The van der Waals surface area contributed by atoms with Crippen LogP contribution in [-0.4, -0.2) is 11.7 Å². The van der Waals surface area contributed by atoms with Gasteiger partial charge in [-0.05, 0) is 44.1 Å². The lowest BCUT2D eigenvalue weighted by molar-refractivity contribution is -0.118. The minimum absolute atomic E-state index is 0.155. The maximum Gasteiger partial charge on any atom is 0.166 e. The standard InChI is InChI=1S/C14H16O2/c15-10-12-8-4-5-9-13(12)14(16)11-6-2-1-3-7-11/h4-6,13H,1-3,7-9H2. The second-order valence-corrected chi connectivity index (χ2v) is 4.43.